The van der Waals surface area contributed by atoms with Gasteiger partial charge in [0, 0.05) is 19.2 Å². The van der Waals surface area contributed by atoms with Crippen molar-refractivity contribution in [3.63, 3.8) is 0 Å². The first-order valence-corrected chi connectivity index (χ1v) is 6.44. The lowest BCUT2D eigenvalue weighted by Gasteiger charge is -2.05. The molecule has 0 amide bonds. The van der Waals surface area contributed by atoms with Gasteiger partial charge >= 0.3 is 5.97 Å². The highest BCUT2D eigenvalue weighted by atomic mass is 16.5. The van der Waals surface area contributed by atoms with Crippen LogP contribution in [0, 0.1) is 11.3 Å². The molecule has 102 valence electrons. The van der Waals surface area contributed by atoms with Crippen molar-refractivity contribution in [2.24, 2.45) is 0 Å². The maximum atomic E-state index is 11.7. The predicted octanol–water partition coefficient (Wildman–Crippen LogP) is 1.84. The smallest absolute Gasteiger partial charge is 0.305 e. The number of nitriles is 1. The summed E-state index contributed by atoms with van der Waals surface area (Å²) in [6, 6.07) is 5.08. The zero-order chi connectivity index (χ0) is 14.1. The highest BCUT2D eigenvalue weighted by Crippen LogP contribution is 2.03. The lowest BCUT2D eigenvalue weighted by atomic mass is 10.2. The molecule has 0 atom stereocenters. The van der Waals surface area contributed by atoms with Gasteiger partial charge in [-0.15, -0.1) is 0 Å². The van der Waals surface area contributed by atoms with Gasteiger partial charge in [-0.1, -0.05) is 6.42 Å². The van der Waals surface area contributed by atoms with E-state index in [1.807, 2.05) is 6.07 Å². The minimum atomic E-state index is -0.254. The van der Waals surface area contributed by atoms with Crippen LogP contribution in [0.4, 0.5) is 0 Å². The van der Waals surface area contributed by atoms with Gasteiger partial charge in [-0.2, -0.15) is 5.26 Å². The Labute approximate surface area is 112 Å². The Balaban J connectivity index is 2.33. The quantitative estimate of drug-likeness (QED) is 0.555. The molecule has 0 unspecified atom stereocenters. The molecule has 1 aromatic rings. The number of unbranched alkanes of at least 4 members (excludes halogenated alkanes) is 2. The van der Waals surface area contributed by atoms with Gasteiger partial charge in [0.1, 0.15) is 11.6 Å². The Morgan fingerprint density at radius 3 is 2.89 bits per heavy atom. The van der Waals surface area contributed by atoms with Crippen LogP contribution in [0.5, 0.6) is 0 Å². The zero-order valence-corrected chi connectivity index (χ0v) is 11.1. The molecule has 5 heteroatoms. The fourth-order valence-electron chi connectivity index (χ4n) is 1.76. The third-order valence-corrected chi connectivity index (χ3v) is 2.73. The molecule has 0 radical (unpaired) electrons. The fraction of sp³-hybridized carbons (Fsp3) is 0.500. The van der Waals surface area contributed by atoms with Gasteiger partial charge in [-0.3, -0.25) is 9.59 Å². The molecule has 1 heterocycles. The summed E-state index contributed by atoms with van der Waals surface area (Å²) in [5, 5.41) is 8.75. The number of pyridine rings is 1. The lowest BCUT2D eigenvalue weighted by molar-refractivity contribution is -0.143. The molecule has 1 aromatic heterocycles. The fourth-order valence-corrected chi connectivity index (χ4v) is 1.76. The predicted molar refractivity (Wildman–Crippen MR) is 70.5 cm³/mol. The molecule has 5 nitrogen and oxygen atoms in total. The van der Waals surface area contributed by atoms with Gasteiger partial charge in [-0.05, 0) is 31.9 Å². The summed E-state index contributed by atoms with van der Waals surface area (Å²) in [4.78, 5) is 22.8. The van der Waals surface area contributed by atoms with E-state index < -0.39 is 0 Å². The molecule has 0 bridgehead atoms. The van der Waals surface area contributed by atoms with E-state index in [-0.39, 0.29) is 17.1 Å². The number of hydrogen-bond donors (Lipinski definition) is 0. The standard InChI is InChI=1S/C14H18N2O3/c1-2-19-13(17)8-4-3-5-9-16-10-6-7-12(11-15)14(16)18/h6-7,10H,2-5,8-9H2,1H3. The van der Waals surface area contributed by atoms with E-state index in [2.05, 4.69) is 0 Å². The molecule has 0 N–H and O–H groups in total. The van der Waals surface area contributed by atoms with Crippen LogP contribution in [0.25, 0.3) is 0 Å². The Morgan fingerprint density at radius 1 is 1.42 bits per heavy atom. The summed E-state index contributed by atoms with van der Waals surface area (Å²) in [5.41, 5.74) is -0.0931. The SMILES string of the molecule is CCOC(=O)CCCCCn1cccc(C#N)c1=O. The Bertz CT molecular complexity index is 514. The Morgan fingerprint density at radius 2 is 2.21 bits per heavy atom. The van der Waals surface area contributed by atoms with E-state index in [1.165, 1.54) is 10.6 Å². The van der Waals surface area contributed by atoms with E-state index in [0.29, 0.717) is 19.6 Å². The van der Waals surface area contributed by atoms with Crippen LogP contribution < -0.4 is 5.56 Å². The number of ether oxygens (including phenoxy) is 1. The average Bonchev–Trinajstić information content (AvgIpc) is 2.40. The van der Waals surface area contributed by atoms with Gasteiger partial charge in [-0.25, -0.2) is 0 Å². The normalized spacial score (nSPS) is 9.89. The second-order valence-corrected chi connectivity index (χ2v) is 4.15. The molecular formula is C14H18N2O3. The summed E-state index contributed by atoms with van der Waals surface area (Å²) >= 11 is 0. The van der Waals surface area contributed by atoms with Gasteiger partial charge in [0.2, 0.25) is 0 Å². The highest BCUT2D eigenvalue weighted by Gasteiger charge is 2.03. The number of hydrogen-bond acceptors (Lipinski definition) is 4. The molecule has 1 rings (SSSR count). The summed E-state index contributed by atoms with van der Waals surface area (Å²) in [7, 11) is 0. The van der Waals surface area contributed by atoms with Crippen molar-refractivity contribution in [1.82, 2.24) is 4.57 Å². The van der Waals surface area contributed by atoms with Crippen LogP contribution >= 0.6 is 0 Å². The van der Waals surface area contributed by atoms with Crippen LogP contribution in [0.3, 0.4) is 0 Å². The van der Waals surface area contributed by atoms with Crippen molar-refractivity contribution < 1.29 is 9.53 Å². The first-order chi connectivity index (χ1) is 9.19. The van der Waals surface area contributed by atoms with Crippen LogP contribution in [0.1, 0.15) is 38.2 Å². The number of esters is 1. The third-order valence-electron chi connectivity index (χ3n) is 2.73. The van der Waals surface area contributed by atoms with Crippen LogP contribution in [0.15, 0.2) is 23.1 Å². The van der Waals surface area contributed by atoms with Gasteiger partial charge < -0.3 is 9.30 Å². The highest BCUT2D eigenvalue weighted by molar-refractivity contribution is 5.69. The second kappa shape index (κ2) is 8.09. The van der Waals surface area contributed by atoms with Crippen molar-refractivity contribution in [2.75, 3.05) is 6.61 Å². The molecular weight excluding hydrogens is 244 g/mol. The summed E-state index contributed by atoms with van der Waals surface area (Å²) < 4.78 is 6.36. The number of aryl methyl sites for hydroxylation is 1. The van der Waals surface area contributed by atoms with E-state index in [4.69, 9.17) is 10.00 Å². The van der Waals surface area contributed by atoms with Crippen molar-refractivity contribution in [3.05, 3.63) is 34.2 Å². The number of nitrogens with zero attached hydrogens (tertiary/aromatic N) is 2. The zero-order valence-electron chi connectivity index (χ0n) is 11.1. The average molecular weight is 262 g/mol. The largest absolute Gasteiger partial charge is 0.466 e. The maximum Gasteiger partial charge on any atom is 0.305 e. The van der Waals surface area contributed by atoms with Crippen molar-refractivity contribution in [2.45, 2.75) is 39.2 Å². The molecule has 0 aliphatic carbocycles. The minimum absolute atomic E-state index is 0.161. The number of carbonyl (C=O) groups excluding carboxylic acids is 1. The lowest BCUT2D eigenvalue weighted by Crippen LogP contribution is -2.21. The number of carbonyl (C=O) groups is 1. The molecule has 0 saturated carbocycles. The molecule has 0 saturated heterocycles. The Kier molecular flexibility index (Phi) is 6.37. The van der Waals surface area contributed by atoms with E-state index in [0.717, 1.165) is 19.3 Å². The van der Waals surface area contributed by atoms with Crippen LogP contribution in [-0.2, 0) is 16.1 Å². The molecule has 0 aliphatic heterocycles. The van der Waals surface area contributed by atoms with Gasteiger partial charge in [0.05, 0.1) is 6.61 Å². The number of rotatable bonds is 7. The summed E-state index contributed by atoms with van der Waals surface area (Å²) in [6.45, 7) is 2.76. The van der Waals surface area contributed by atoms with Crippen molar-refractivity contribution in [3.8, 4) is 6.07 Å². The van der Waals surface area contributed by atoms with Gasteiger partial charge in [0.25, 0.3) is 5.56 Å². The Hall–Kier alpha value is -2.09. The molecule has 0 spiro atoms. The number of aromatic nitrogens is 1. The summed E-state index contributed by atoms with van der Waals surface area (Å²) in [5.74, 6) is -0.175. The monoisotopic (exact) mass is 262 g/mol. The van der Waals surface area contributed by atoms with Crippen molar-refractivity contribution in [1.29, 1.82) is 5.26 Å². The van der Waals surface area contributed by atoms with E-state index >= 15 is 0 Å². The third kappa shape index (κ3) is 4.96. The molecule has 0 aliphatic rings. The van der Waals surface area contributed by atoms with Gasteiger partial charge in [0.15, 0.2) is 0 Å². The first kappa shape index (κ1) is 15.0. The van der Waals surface area contributed by atoms with E-state index in [9.17, 15) is 9.59 Å². The topological polar surface area (TPSA) is 72.1 Å². The van der Waals surface area contributed by atoms with Crippen molar-refractivity contribution >= 4 is 5.97 Å². The van der Waals surface area contributed by atoms with E-state index in [1.54, 1.807) is 19.2 Å². The van der Waals surface area contributed by atoms with Crippen LogP contribution in [0.2, 0.25) is 0 Å². The first-order valence-electron chi connectivity index (χ1n) is 6.44. The molecule has 0 fully saturated rings. The molecule has 0 aromatic carbocycles. The molecule has 19 heavy (non-hydrogen) atoms. The summed E-state index contributed by atoms with van der Waals surface area (Å²) in [6.07, 6.45) is 4.50. The minimum Gasteiger partial charge on any atom is -0.466 e. The second-order valence-electron chi connectivity index (χ2n) is 4.15. The van der Waals surface area contributed by atoms with Crippen LogP contribution in [-0.4, -0.2) is 17.1 Å². The maximum absolute atomic E-state index is 11.7.